The molecule has 0 bridgehead atoms. The molecule has 0 saturated heterocycles. The normalized spacial score (nSPS) is 13.7. The maximum atomic E-state index is 11.9. The van der Waals surface area contributed by atoms with Gasteiger partial charge in [-0.2, -0.15) is 0 Å². The number of nitrogens with one attached hydrogen (secondary N) is 1. The summed E-state index contributed by atoms with van der Waals surface area (Å²) < 4.78 is 5.16. The molecule has 22 heavy (non-hydrogen) atoms. The van der Waals surface area contributed by atoms with E-state index >= 15 is 0 Å². The third kappa shape index (κ3) is 5.12. The van der Waals surface area contributed by atoms with Gasteiger partial charge >= 0.3 is 6.09 Å². The van der Waals surface area contributed by atoms with Crippen LogP contribution < -0.4 is 5.32 Å². The van der Waals surface area contributed by atoms with Crippen LogP contribution in [0.1, 0.15) is 46.3 Å². The summed E-state index contributed by atoms with van der Waals surface area (Å²) in [5.41, 5.74) is -1.72. The highest BCUT2D eigenvalue weighted by Crippen LogP contribution is 2.35. The lowest BCUT2D eigenvalue weighted by Crippen LogP contribution is -2.49. The third-order valence-corrected chi connectivity index (χ3v) is 3.35. The van der Waals surface area contributed by atoms with Crippen LogP contribution in [0.15, 0.2) is 0 Å². The number of hydrogen-bond acceptors (Lipinski definition) is 5. The van der Waals surface area contributed by atoms with Gasteiger partial charge in [0.2, 0.25) is 5.28 Å². The molecule has 0 aliphatic rings. The summed E-state index contributed by atoms with van der Waals surface area (Å²) in [7, 11) is 0. The first-order chi connectivity index (χ1) is 9.83. The highest BCUT2D eigenvalue weighted by atomic mass is 35.5. The van der Waals surface area contributed by atoms with Crippen LogP contribution in [-0.4, -0.2) is 32.3 Å². The van der Waals surface area contributed by atoms with E-state index in [1.807, 2.05) is 0 Å². The Morgan fingerprint density at radius 3 is 2.00 bits per heavy atom. The molecule has 6 nitrogen and oxygen atoms in total. The van der Waals surface area contributed by atoms with Gasteiger partial charge in [0.15, 0.2) is 0 Å². The van der Waals surface area contributed by atoms with Crippen LogP contribution in [0.4, 0.5) is 4.79 Å². The maximum absolute atomic E-state index is 11.9. The van der Waals surface area contributed by atoms with E-state index in [9.17, 15) is 9.90 Å². The van der Waals surface area contributed by atoms with Crippen molar-refractivity contribution in [2.75, 3.05) is 0 Å². The molecule has 1 amide bonds. The zero-order valence-electron chi connectivity index (χ0n) is 12.9. The van der Waals surface area contributed by atoms with Gasteiger partial charge in [0.25, 0.3) is 0 Å². The molecule has 1 aromatic heterocycles. The number of aromatic nitrogens is 2. The van der Waals surface area contributed by atoms with E-state index in [-0.39, 0.29) is 21.2 Å². The molecule has 0 saturated carbocycles. The van der Waals surface area contributed by atoms with E-state index in [4.69, 9.17) is 39.5 Å². The number of ether oxygens (including phenoxy) is 1. The minimum Gasteiger partial charge on any atom is -0.444 e. The average Bonchev–Trinajstić information content (AvgIpc) is 2.23. The van der Waals surface area contributed by atoms with Gasteiger partial charge in [-0.15, -0.1) is 0 Å². The Morgan fingerprint density at radius 1 is 1.14 bits per heavy atom. The summed E-state index contributed by atoms with van der Waals surface area (Å²) in [6.45, 7) is 8.37. The molecular weight excluding hydrogens is 353 g/mol. The van der Waals surface area contributed by atoms with Gasteiger partial charge < -0.3 is 15.2 Å². The van der Waals surface area contributed by atoms with Crippen molar-refractivity contribution in [1.29, 1.82) is 0 Å². The molecule has 0 aliphatic carbocycles. The van der Waals surface area contributed by atoms with Crippen molar-refractivity contribution < 1.29 is 14.6 Å². The number of aliphatic hydroxyl groups excluding tert-OH is 1. The predicted octanol–water partition coefficient (Wildman–Crippen LogP) is 3.77. The van der Waals surface area contributed by atoms with Gasteiger partial charge in [-0.1, -0.05) is 23.2 Å². The standard InChI is InChI=1S/C13H18Cl3N3O3/c1-12(2,3)22-11(21)19-13(4,5)7(20)6-8(14)17-10(16)18-9(6)15/h7,20H,1-5H3,(H,19,21). The lowest BCUT2D eigenvalue weighted by atomic mass is 9.93. The fourth-order valence-electron chi connectivity index (χ4n) is 1.61. The van der Waals surface area contributed by atoms with Crippen molar-refractivity contribution in [3.05, 3.63) is 21.2 Å². The molecule has 1 unspecified atom stereocenters. The van der Waals surface area contributed by atoms with Crippen molar-refractivity contribution in [2.24, 2.45) is 0 Å². The van der Waals surface area contributed by atoms with E-state index in [0.717, 1.165) is 0 Å². The first kappa shape index (κ1) is 19.2. The monoisotopic (exact) mass is 369 g/mol. The number of hydrogen-bond donors (Lipinski definition) is 2. The van der Waals surface area contributed by atoms with E-state index in [1.54, 1.807) is 34.6 Å². The second-order valence-corrected chi connectivity index (χ2v) is 7.29. The van der Waals surface area contributed by atoms with Crippen molar-refractivity contribution in [3.63, 3.8) is 0 Å². The smallest absolute Gasteiger partial charge is 0.408 e. The molecule has 1 heterocycles. The molecular formula is C13H18Cl3N3O3. The van der Waals surface area contributed by atoms with Crippen molar-refractivity contribution in [1.82, 2.24) is 15.3 Å². The van der Waals surface area contributed by atoms with Crippen LogP contribution in [0, 0.1) is 0 Å². The molecule has 124 valence electrons. The van der Waals surface area contributed by atoms with Crippen LogP contribution in [0.5, 0.6) is 0 Å². The number of rotatable bonds is 3. The predicted molar refractivity (Wildman–Crippen MR) is 85.5 cm³/mol. The molecule has 9 heteroatoms. The van der Waals surface area contributed by atoms with Gasteiger partial charge in [0, 0.05) is 0 Å². The maximum Gasteiger partial charge on any atom is 0.408 e. The van der Waals surface area contributed by atoms with Crippen LogP contribution in [0.25, 0.3) is 0 Å². The molecule has 1 aromatic rings. The molecule has 1 atom stereocenters. The second-order valence-electron chi connectivity index (χ2n) is 6.24. The lowest BCUT2D eigenvalue weighted by molar-refractivity contribution is 0.0290. The summed E-state index contributed by atoms with van der Waals surface area (Å²) in [5, 5.41) is 12.7. The minimum atomic E-state index is -1.27. The van der Waals surface area contributed by atoms with Crippen LogP contribution in [0.3, 0.4) is 0 Å². The van der Waals surface area contributed by atoms with Crippen molar-refractivity contribution in [2.45, 2.75) is 51.9 Å². The Labute approximate surface area is 144 Å². The summed E-state index contributed by atoms with van der Waals surface area (Å²) in [4.78, 5) is 19.3. The van der Waals surface area contributed by atoms with Gasteiger partial charge in [-0.25, -0.2) is 14.8 Å². The molecule has 1 rings (SSSR count). The Bertz CT molecular complexity index is 550. The van der Waals surface area contributed by atoms with E-state index < -0.39 is 23.3 Å². The van der Waals surface area contributed by atoms with Crippen molar-refractivity contribution in [3.8, 4) is 0 Å². The topological polar surface area (TPSA) is 84.3 Å². The Morgan fingerprint density at radius 2 is 1.59 bits per heavy atom. The van der Waals surface area contributed by atoms with Crippen molar-refractivity contribution >= 4 is 40.9 Å². The number of aliphatic hydroxyl groups is 1. The zero-order valence-corrected chi connectivity index (χ0v) is 15.1. The van der Waals surface area contributed by atoms with E-state index in [1.165, 1.54) is 0 Å². The largest absolute Gasteiger partial charge is 0.444 e. The quantitative estimate of drug-likeness (QED) is 0.625. The van der Waals surface area contributed by atoms with E-state index in [2.05, 4.69) is 15.3 Å². The number of halogens is 3. The van der Waals surface area contributed by atoms with Crippen LogP contribution in [0.2, 0.25) is 15.6 Å². The van der Waals surface area contributed by atoms with Gasteiger partial charge in [-0.05, 0) is 46.2 Å². The molecule has 0 fully saturated rings. The molecule has 0 aliphatic heterocycles. The van der Waals surface area contributed by atoms with Gasteiger partial charge in [0.1, 0.15) is 22.0 Å². The summed E-state index contributed by atoms with van der Waals surface area (Å²) in [5.74, 6) is 0. The third-order valence-electron chi connectivity index (χ3n) is 2.61. The summed E-state index contributed by atoms with van der Waals surface area (Å²) in [6.07, 6.45) is -1.95. The SMILES string of the molecule is CC(C)(C)OC(=O)NC(C)(C)C(O)c1c(Cl)nc(Cl)nc1Cl. The van der Waals surface area contributed by atoms with Crippen LogP contribution in [-0.2, 0) is 4.74 Å². The highest BCUT2D eigenvalue weighted by molar-refractivity contribution is 6.36. The first-order valence-corrected chi connectivity index (χ1v) is 7.54. The Hall–Kier alpha value is -0.820. The Balaban J connectivity index is 3.00. The highest BCUT2D eigenvalue weighted by Gasteiger charge is 2.36. The molecule has 0 spiro atoms. The van der Waals surface area contributed by atoms with Crippen LogP contribution >= 0.6 is 34.8 Å². The number of alkyl carbamates (subject to hydrolysis) is 1. The first-order valence-electron chi connectivity index (χ1n) is 6.41. The molecule has 0 radical (unpaired) electrons. The summed E-state index contributed by atoms with van der Waals surface area (Å²) >= 11 is 17.5. The van der Waals surface area contributed by atoms with Gasteiger partial charge in [-0.3, -0.25) is 0 Å². The molecule has 2 N–H and O–H groups in total. The number of amides is 1. The van der Waals surface area contributed by atoms with Gasteiger partial charge in [0.05, 0.1) is 11.1 Å². The van der Waals surface area contributed by atoms with E-state index in [0.29, 0.717) is 0 Å². The lowest BCUT2D eigenvalue weighted by Gasteiger charge is -2.33. The average molecular weight is 371 g/mol. The second kappa shape index (κ2) is 6.74. The zero-order chi connectivity index (χ0) is 17.3. The number of nitrogens with zero attached hydrogens (tertiary/aromatic N) is 2. The number of carbonyl (C=O) groups excluding carboxylic acids is 1. The summed E-state index contributed by atoms with van der Waals surface area (Å²) in [6, 6.07) is 0. The molecule has 0 aromatic carbocycles. The number of carbonyl (C=O) groups is 1. The Kier molecular flexibility index (Phi) is 5.89. The minimum absolute atomic E-state index is 0.0776. The fourth-order valence-corrected chi connectivity index (χ4v) is 2.46. The fraction of sp³-hybridized carbons (Fsp3) is 0.615.